The highest BCUT2D eigenvalue weighted by molar-refractivity contribution is 5.75. The van der Waals surface area contributed by atoms with Crippen LogP contribution in [0.3, 0.4) is 0 Å². The lowest BCUT2D eigenvalue weighted by atomic mass is 9.95. The van der Waals surface area contributed by atoms with Gasteiger partial charge in [-0.05, 0) is 84.4 Å². The fraction of sp³-hybridized carbons (Fsp3) is 0.593. The summed E-state index contributed by atoms with van der Waals surface area (Å²) in [4.78, 5) is 12.0. The number of methoxy groups -OCH3 is 1. The number of rotatable bonds is 13. The summed E-state index contributed by atoms with van der Waals surface area (Å²) in [6.45, 7) is 12.3. The predicted molar refractivity (Wildman–Crippen MR) is 129 cm³/mol. The summed E-state index contributed by atoms with van der Waals surface area (Å²) in [5.41, 5.74) is 3.67. The Morgan fingerprint density at radius 1 is 1.13 bits per heavy atom. The summed E-state index contributed by atoms with van der Waals surface area (Å²) in [5, 5.41) is 10.8. The van der Waals surface area contributed by atoms with E-state index in [-0.39, 0.29) is 18.3 Å². The molecule has 31 heavy (non-hydrogen) atoms. The van der Waals surface area contributed by atoms with E-state index < -0.39 is 5.41 Å². The van der Waals surface area contributed by atoms with Gasteiger partial charge in [-0.3, -0.25) is 4.79 Å². The summed E-state index contributed by atoms with van der Waals surface area (Å²) >= 11 is 0. The summed E-state index contributed by atoms with van der Waals surface area (Å²) in [5.74, 6) is 0.595. The highest BCUT2D eigenvalue weighted by Gasteiger charge is 2.30. The van der Waals surface area contributed by atoms with Gasteiger partial charge in [-0.1, -0.05) is 43.1 Å². The van der Waals surface area contributed by atoms with Gasteiger partial charge in [0.1, 0.15) is 18.1 Å². The molecule has 1 rings (SSSR count). The third-order valence-corrected chi connectivity index (χ3v) is 5.39. The lowest BCUT2D eigenvalue weighted by Gasteiger charge is -2.23. The van der Waals surface area contributed by atoms with Crippen LogP contribution in [0.5, 0.6) is 11.5 Å². The standard InChI is InChI=1S/C27H42O4/c1-8-9-10-14-22-17-24(28)23(16-15-21(4)13-11-12-20(2)3)25(18-22)31-19-27(5,6)26(29)30-7/h12,15,17-18,28H,8-11,13-14,16,19H2,1-7H3/b21-15+. The Balaban J connectivity index is 3.07. The Hall–Kier alpha value is -2.23. The molecule has 1 N–H and O–H groups in total. The van der Waals surface area contributed by atoms with E-state index >= 15 is 0 Å². The van der Waals surface area contributed by atoms with Crippen LogP contribution in [0.2, 0.25) is 0 Å². The van der Waals surface area contributed by atoms with Crippen LogP contribution in [0, 0.1) is 5.41 Å². The second kappa shape index (κ2) is 13.2. The van der Waals surface area contributed by atoms with Crippen molar-refractivity contribution in [2.24, 2.45) is 5.41 Å². The van der Waals surface area contributed by atoms with E-state index in [1.54, 1.807) is 13.8 Å². The molecule has 0 saturated carbocycles. The van der Waals surface area contributed by atoms with E-state index in [9.17, 15) is 9.90 Å². The largest absolute Gasteiger partial charge is 0.508 e. The van der Waals surface area contributed by atoms with Gasteiger partial charge in [0.05, 0.1) is 12.5 Å². The maximum absolute atomic E-state index is 12.0. The van der Waals surface area contributed by atoms with E-state index in [0.29, 0.717) is 12.2 Å². The molecule has 0 fully saturated rings. The molecule has 0 aliphatic heterocycles. The number of carbonyl (C=O) groups is 1. The van der Waals surface area contributed by atoms with Crippen LogP contribution in [0.15, 0.2) is 35.4 Å². The SMILES string of the molecule is CCCCCc1cc(O)c(C/C=C(\C)CCC=C(C)C)c(OCC(C)(C)C(=O)OC)c1. The molecule has 0 radical (unpaired) electrons. The lowest BCUT2D eigenvalue weighted by molar-refractivity contribution is -0.152. The molecule has 174 valence electrons. The first-order chi connectivity index (χ1) is 14.6. The number of esters is 1. The van der Waals surface area contributed by atoms with Gasteiger partial charge in [0, 0.05) is 5.56 Å². The number of aryl methyl sites for hydroxylation is 1. The smallest absolute Gasteiger partial charge is 0.314 e. The third-order valence-electron chi connectivity index (χ3n) is 5.39. The minimum absolute atomic E-state index is 0.188. The number of hydrogen-bond donors (Lipinski definition) is 1. The molecule has 0 bridgehead atoms. The van der Waals surface area contributed by atoms with Crippen molar-refractivity contribution < 1.29 is 19.4 Å². The Morgan fingerprint density at radius 3 is 2.45 bits per heavy atom. The van der Waals surface area contributed by atoms with Gasteiger partial charge >= 0.3 is 5.97 Å². The van der Waals surface area contributed by atoms with E-state index in [1.165, 1.54) is 18.3 Å². The van der Waals surface area contributed by atoms with Gasteiger partial charge in [-0.25, -0.2) is 0 Å². The number of phenols is 1. The number of carbonyl (C=O) groups excluding carboxylic acids is 1. The Labute approximate surface area is 189 Å². The van der Waals surface area contributed by atoms with Crippen molar-refractivity contribution >= 4 is 5.97 Å². The van der Waals surface area contributed by atoms with E-state index in [1.807, 2.05) is 12.1 Å². The molecule has 0 spiro atoms. The van der Waals surface area contributed by atoms with E-state index in [4.69, 9.17) is 9.47 Å². The molecule has 0 amide bonds. The van der Waals surface area contributed by atoms with Crippen molar-refractivity contribution in [3.05, 3.63) is 46.6 Å². The number of phenolic OH excluding ortho intramolecular Hbond substituents is 1. The van der Waals surface area contributed by atoms with Crippen molar-refractivity contribution in [2.75, 3.05) is 13.7 Å². The first kappa shape index (κ1) is 26.8. The summed E-state index contributed by atoms with van der Waals surface area (Å²) in [7, 11) is 1.39. The maximum Gasteiger partial charge on any atom is 0.314 e. The Kier molecular flexibility index (Phi) is 11.4. The molecule has 0 atom stereocenters. The number of benzene rings is 1. The maximum atomic E-state index is 12.0. The monoisotopic (exact) mass is 430 g/mol. The average molecular weight is 431 g/mol. The van der Waals surface area contributed by atoms with Crippen molar-refractivity contribution in [1.82, 2.24) is 0 Å². The molecular formula is C27H42O4. The van der Waals surface area contributed by atoms with Gasteiger partial charge in [-0.2, -0.15) is 0 Å². The van der Waals surface area contributed by atoms with Crippen LogP contribution in [-0.2, 0) is 22.4 Å². The molecule has 1 aromatic carbocycles. The zero-order chi connectivity index (χ0) is 23.4. The van der Waals surface area contributed by atoms with Crippen molar-refractivity contribution in [3.8, 4) is 11.5 Å². The van der Waals surface area contributed by atoms with Crippen LogP contribution in [0.4, 0.5) is 0 Å². The molecule has 0 aliphatic rings. The van der Waals surface area contributed by atoms with Crippen LogP contribution in [0.25, 0.3) is 0 Å². The second-order valence-corrected chi connectivity index (χ2v) is 9.29. The molecular weight excluding hydrogens is 388 g/mol. The molecule has 4 heteroatoms. The minimum Gasteiger partial charge on any atom is -0.508 e. The third kappa shape index (κ3) is 9.63. The highest BCUT2D eigenvalue weighted by atomic mass is 16.5. The molecule has 4 nitrogen and oxygen atoms in total. The molecule has 0 aromatic heterocycles. The fourth-order valence-corrected chi connectivity index (χ4v) is 3.30. The zero-order valence-corrected chi connectivity index (χ0v) is 20.6. The van der Waals surface area contributed by atoms with Gasteiger partial charge in [0.2, 0.25) is 0 Å². The summed E-state index contributed by atoms with van der Waals surface area (Å²) < 4.78 is 11.0. The van der Waals surface area contributed by atoms with Gasteiger partial charge in [0.25, 0.3) is 0 Å². The number of aromatic hydroxyl groups is 1. The van der Waals surface area contributed by atoms with Gasteiger partial charge < -0.3 is 14.6 Å². The first-order valence-electron chi connectivity index (χ1n) is 11.5. The highest BCUT2D eigenvalue weighted by Crippen LogP contribution is 2.33. The topological polar surface area (TPSA) is 55.8 Å². The van der Waals surface area contributed by atoms with Crippen molar-refractivity contribution in [3.63, 3.8) is 0 Å². The summed E-state index contributed by atoms with van der Waals surface area (Å²) in [6.07, 6.45) is 11.3. The molecule has 0 saturated heterocycles. The Bertz CT molecular complexity index is 768. The van der Waals surface area contributed by atoms with E-state index in [2.05, 4.69) is 39.8 Å². The normalized spacial score (nSPS) is 11.9. The van der Waals surface area contributed by atoms with E-state index in [0.717, 1.165) is 49.7 Å². The van der Waals surface area contributed by atoms with Gasteiger partial charge in [-0.15, -0.1) is 0 Å². The number of allylic oxidation sites excluding steroid dienone is 4. The quantitative estimate of drug-likeness (QED) is 0.209. The van der Waals surface area contributed by atoms with Crippen LogP contribution < -0.4 is 4.74 Å². The predicted octanol–water partition coefficient (Wildman–Crippen LogP) is 6.94. The Morgan fingerprint density at radius 2 is 1.84 bits per heavy atom. The second-order valence-electron chi connectivity index (χ2n) is 9.29. The van der Waals surface area contributed by atoms with Gasteiger partial charge in [0.15, 0.2) is 0 Å². The number of ether oxygens (including phenoxy) is 2. The van der Waals surface area contributed by atoms with Crippen LogP contribution >= 0.6 is 0 Å². The molecule has 0 aliphatic carbocycles. The van der Waals surface area contributed by atoms with Crippen LogP contribution in [0.1, 0.15) is 84.8 Å². The lowest BCUT2D eigenvalue weighted by Crippen LogP contribution is -2.32. The van der Waals surface area contributed by atoms with Crippen molar-refractivity contribution in [2.45, 2.75) is 86.5 Å². The molecule has 1 aromatic rings. The average Bonchev–Trinajstić information content (AvgIpc) is 2.70. The first-order valence-corrected chi connectivity index (χ1v) is 11.5. The zero-order valence-electron chi connectivity index (χ0n) is 20.6. The summed E-state index contributed by atoms with van der Waals surface area (Å²) in [6, 6.07) is 3.88. The van der Waals surface area contributed by atoms with Crippen molar-refractivity contribution in [1.29, 1.82) is 0 Å². The molecule has 0 heterocycles. The van der Waals surface area contributed by atoms with Crippen LogP contribution in [-0.4, -0.2) is 24.8 Å². The number of hydrogen-bond acceptors (Lipinski definition) is 4. The molecule has 0 unspecified atom stereocenters. The number of unbranched alkanes of at least 4 members (excludes halogenated alkanes) is 2. The fourth-order valence-electron chi connectivity index (χ4n) is 3.30. The minimum atomic E-state index is -0.768.